The molecule has 0 unspecified atom stereocenters. The number of pyridine rings is 1. The second-order valence-corrected chi connectivity index (χ2v) is 6.11. The van der Waals surface area contributed by atoms with Crippen LogP contribution in [0.3, 0.4) is 0 Å². The fourth-order valence-corrected chi connectivity index (χ4v) is 3.16. The van der Waals surface area contributed by atoms with Crippen LogP contribution in [0.1, 0.15) is 41.4 Å². The van der Waals surface area contributed by atoms with Crippen LogP contribution in [0.15, 0.2) is 30.5 Å². The number of nitrogens with zero attached hydrogens (tertiary/aromatic N) is 1. The first-order valence-corrected chi connectivity index (χ1v) is 8.68. The maximum Gasteiger partial charge on any atom is 0.573 e. The summed E-state index contributed by atoms with van der Waals surface area (Å²) in [6, 6.07) is 5.60. The van der Waals surface area contributed by atoms with Gasteiger partial charge in [0.2, 0.25) is 0 Å². The van der Waals surface area contributed by atoms with Gasteiger partial charge in [0.1, 0.15) is 5.75 Å². The smallest absolute Gasteiger partial charge is 0.461 e. The minimum absolute atomic E-state index is 0.265. The molecule has 2 aromatic rings. The van der Waals surface area contributed by atoms with Gasteiger partial charge in [-0.3, -0.25) is 0 Å². The first-order chi connectivity index (χ1) is 12.9. The fraction of sp³-hybridized carbons (Fsp3) is 0.368. The van der Waals surface area contributed by atoms with Crippen molar-refractivity contribution in [3.05, 3.63) is 47.3 Å². The van der Waals surface area contributed by atoms with Crippen molar-refractivity contribution in [2.75, 3.05) is 11.9 Å². The highest BCUT2D eigenvalue weighted by atomic mass is 19.4. The van der Waals surface area contributed by atoms with Gasteiger partial charge in [0.25, 0.3) is 0 Å². The Balaban J connectivity index is 1.90. The molecule has 1 aliphatic rings. The molecule has 27 heavy (non-hydrogen) atoms. The van der Waals surface area contributed by atoms with E-state index in [1.807, 2.05) is 0 Å². The van der Waals surface area contributed by atoms with E-state index in [0.717, 1.165) is 30.4 Å². The van der Waals surface area contributed by atoms with Gasteiger partial charge < -0.3 is 14.8 Å². The normalized spacial score (nSPS) is 13.6. The van der Waals surface area contributed by atoms with Crippen molar-refractivity contribution in [3.8, 4) is 5.75 Å². The number of carbonyl (C=O) groups excluding carboxylic acids is 1. The lowest BCUT2D eigenvalue weighted by Gasteiger charge is -2.22. The standard InChI is InChI=1S/C19H19F3N2O3/c1-2-26-18(25)17-15-9-4-3-8-14(15)16(11-23-17)24-12-6-5-7-13(10-12)27-19(20,21)22/h5-7,10-11,24H,2-4,8-9H2,1H3. The molecule has 0 spiro atoms. The van der Waals surface area contributed by atoms with Crippen molar-refractivity contribution in [2.24, 2.45) is 0 Å². The molecule has 144 valence electrons. The third-order valence-electron chi connectivity index (χ3n) is 4.22. The zero-order valence-corrected chi connectivity index (χ0v) is 14.7. The SMILES string of the molecule is CCOC(=O)c1ncc(Nc2cccc(OC(F)(F)F)c2)c2c1CCCC2. The Hall–Kier alpha value is -2.77. The molecule has 5 nitrogen and oxygen atoms in total. The van der Waals surface area contributed by atoms with E-state index in [1.165, 1.54) is 24.4 Å². The van der Waals surface area contributed by atoms with Gasteiger partial charge in [-0.1, -0.05) is 6.07 Å². The first kappa shape index (κ1) is 19.0. The molecule has 0 bridgehead atoms. The fourth-order valence-electron chi connectivity index (χ4n) is 3.16. The summed E-state index contributed by atoms with van der Waals surface area (Å²) >= 11 is 0. The molecule has 1 N–H and O–H groups in total. The molecule has 1 aliphatic carbocycles. The van der Waals surface area contributed by atoms with Crippen LogP contribution in [0.5, 0.6) is 5.75 Å². The largest absolute Gasteiger partial charge is 0.573 e. The first-order valence-electron chi connectivity index (χ1n) is 8.68. The number of benzene rings is 1. The number of carbonyl (C=O) groups is 1. The highest BCUT2D eigenvalue weighted by Crippen LogP contribution is 2.33. The minimum atomic E-state index is -4.75. The van der Waals surface area contributed by atoms with E-state index in [2.05, 4.69) is 15.0 Å². The van der Waals surface area contributed by atoms with Gasteiger partial charge in [-0.05, 0) is 55.9 Å². The van der Waals surface area contributed by atoms with Crippen molar-refractivity contribution in [2.45, 2.75) is 39.0 Å². The number of fused-ring (bicyclic) bond motifs is 1. The van der Waals surface area contributed by atoms with Gasteiger partial charge in [-0.15, -0.1) is 13.2 Å². The monoisotopic (exact) mass is 380 g/mol. The molecule has 1 aromatic carbocycles. The summed E-state index contributed by atoms with van der Waals surface area (Å²) in [5.41, 5.74) is 3.21. The summed E-state index contributed by atoms with van der Waals surface area (Å²) in [6.07, 6.45) is 0.146. The maximum atomic E-state index is 12.4. The molecular weight excluding hydrogens is 361 g/mol. The summed E-state index contributed by atoms with van der Waals surface area (Å²) in [6.45, 7) is 2.00. The zero-order chi connectivity index (χ0) is 19.4. The summed E-state index contributed by atoms with van der Waals surface area (Å²) in [5, 5.41) is 3.09. The highest BCUT2D eigenvalue weighted by Gasteiger charge is 2.31. The van der Waals surface area contributed by atoms with Crippen LogP contribution < -0.4 is 10.1 Å². The number of hydrogen-bond donors (Lipinski definition) is 1. The Labute approximate surface area is 154 Å². The van der Waals surface area contributed by atoms with Crippen LogP contribution in [0.4, 0.5) is 24.5 Å². The number of anilines is 2. The van der Waals surface area contributed by atoms with E-state index in [9.17, 15) is 18.0 Å². The number of alkyl halides is 3. The van der Waals surface area contributed by atoms with E-state index in [1.54, 1.807) is 13.0 Å². The maximum absolute atomic E-state index is 12.4. The Bertz CT molecular complexity index is 837. The molecule has 1 aromatic heterocycles. The molecule has 0 amide bonds. The van der Waals surface area contributed by atoms with Crippen molar-refractivity contribution < 1.29 is 27.4 Å². The Morgan fingerprint density at radius 3 is 2.67 bits per heavy atom. The lowest BCUT2D eigenvalue weighted by Crippen LogP contribution is -2.17. The van der Waals surface area contributed by atoms with Crippen LogP contribution >= 0.6 is 0 Å². The van der Waals surface area contributed by atoms with Crippen molar-refractivity contribution in [1.82, 2.24) is 4.98 Å². The van der Waals surface area contributed by atoms with E-state index in [-0.39, 0.29) is 12.4 Å². The van der Waals surface area contributed by atoms with E-state index in [4.69, 9.17) is 4.74 Å². The number of halogens is 3. The topological polar surface area (TPSA) is 60.5 Å². The van der Waals surface area contributed by atoms with Gasteiger partial charge in [-0.2, -0.15) is 0 Å². The van der Waals surface area contributed by atoms with E-state index < -0.39 is 12.3 Å². The van der Waals surface area contributed by atoms with E-state index in [0.29, 0.717) is 23.5 Å². The number of hydrogen-bond acceptors (Lipinski definition) is 5. The summed E-state index contributed by atoms with van der Waals surface area (Å²) in [7, 11) is 0. The summed E-state index contributed by atoms with van der Waals surface area (Å²) < 4.78 is 46.3. The molecule has 0 saturated carbocycles. The van der Waals surface area contributed by atoms with Gasteiger partial charge >= 0.3 is 12.3 Å². The third-order valence-corrected chi connectivity index (χ3v) is 4.22. The number of nitrogens with one attached hydrogen (secondary N) is 1. The molecule has 3 rings (SSSR count). The molecule has 0 aliphatic heterocycles. The second kappa shape index (κ2) is 7.85. The van der Waals surface area contributed by atoms with Crippen LogP contribution in [0, 0.1) is 0 Å². The molecule has 0 fully saturated rings. The Morgan fingerprint density at radius 2 is 1.96 bits per heavy atom. The van der Waals surface area contributed by atoms with Crippen molar-refractivity contribution in [3.63, 3.8) is 0 Å². The number of rotatable bonds is 5. The van der Waals surface area contributed by atoms with Crippen molar-refractivity contribution in [1.29, 1.82) is 0 Å². The third kappa shape index (κ3) is 4.69. The highest BCUT2D eigenvalue weighted by molar-refractivity contribution is 5.90. The van der Waals surface area contributed by atoms with Crippen LogP contribution in [-0.4, -0.2) is 23.9 Å². The summed E-state index contributed by atoms with van der Waals surface area (Å²) in [5.74, 6) is -0.764. The number of esters is 1. The molecule has 0 atom stereocenters. The predicted molar refractivity (Wildman–Crippen MR) is 93.2 cm³/mol. The quantitative estimate of drug-likeness (QED) is 0.757. The van der Waals surface area contributed by atoms with Gasteiger partial charge in [-0.25, -0.2) is 9.78 Å². The number of aromatic nitrogens is 1. The Morgan fingerprint density at radius 1 is 1.22 bits per heavy atom. The molecule has 8 heteroatoms. The van der Waals surface area contributed by atoms with Gasteiger partial charge in [0, 0.05) is 11.8 Å². The minimum Gasteiger partial charge on any atom is -0.461 e. The lowest BCUT2D eigenvalue weighted by atomic mass is 9.89. The van der Waals surface area contributed by atoms with Crippen molar-refractivity contribution >= 4 is 17.3 Å². The summed E-state index contributed by atoms with van der Waals surface area (Å²) in [4.78, 5) is 16.4. The average molecular weight is 380 g/mol. The second-order valence-electron chi connectivity index (χ2n) is 6.11. The van der Waals surface area contributed by atoms with Crippen LogP contribution in [-0.2, 0) is 17.6 Å². The zero-order valence-electron chi connectivity index (χ0n) is 14.7. The average Bonchev–Trinajstić information content (AvgIpc) is 2.61. The molecule has 0 saturated heterocycles. The lowest BCUT2D eigenvalue weighted by molar-refractivity contribution is -0.274. The molecular formula is C19H19F3N2O3. The molecule has 0 radical (unpaired) electrons. The van der Waals surface area contributed by atoms with Crippen LogP contribution in [0.25, 0.3) is 0 Å². The van der Waals surface area contributed by atoms with Gasteiger partial charge in [0.05, 0.1) is 18.5 Å². The predicted octanol–water partition coefficient (Wildman–Crippen LogP) is 4.78. The number of ether oxygens (including phenoxy) is 2. The van der Waals surface area contributed by atoms with E-state index >= 15 is 0 Å². The molecule has 1 heterocycles. The van der Waals surface area contributed by atoms with Crippen LogP contribution in [0.2, 0.25) is 0 Å². The van der Waals surface area contributed by atoms with Gasteiger partial charge in [0.15, 0.2) is 5.69 Å². The Kier molecular flexibility index (Phi) is 5.53.